The number of hydrogen-bond donors (Lipinski definition) is 1. The van der Waals surface area contributed by atoms with E-state index in [9.17, 15) is 4.79 Å². The molecule has 1 N–H and O–H groups in total. The molecule has 0 saturated carbocycles. The number of para-hydroxylation sites is 1. The Morgan fingerprint density at radius 1 is 0.975 bits per heavy atom. The van der Waals surface area contributed by atoms with E-state index in [0.717, 1.165) is 54.9 Å². The summed E-state index contributed by atoms with van der Waals surface area (Å²) in [6.45, 7) is 7.57. The van der Waals surface area contributed by atoms with Crippen molar-refractivity contribution in [1.82, 2.24) is 14.7 Å². The zero-order valence-corrected chi connectivity index (χ0v) is 23.2. The number of halogens is 1. The third kappa shape index (κ3) is 5.02. The van der Waals surface area contributed by atoms with Crippen molar-refractivity contribution in [1.29, 1.82) is 0 Å². The van der Waals surface area contributed by atoms with Crippen LogP contribution in [0.2, 0.25) is 0 Å². The molecular weight excluding hydrogens is 507 g/mol. The van der Waals surface area contributed by atoms with E-state index in [1.54, 1.807) is 16.8 Å². The van der Waals surface area contributed by atoms with E-state index in [0.29, 0.717) is 41.9 Å². The van der Waals surface area contributed by atoms with E-state index in [2.05, 4.69) is 39.1 Å². The topological polar surface area (TPSA) is 65.9 Å². The molecule has 2 aliphatic heterocycles. The minimum absolute atomic E-state index is 0.299. The van der Waals surface area contributed by atoms with Gasteiger partial charge >= 0.3 is 0 Å². The first-order valence-corrected chi connectivity index (χ1v) is 13.8. The molecular formula is C31H35FN6O2. The maximum atomic E-state index is 15.8. The van der Waals surface area contributed by atoms with Crippen molar-refractivity contribution in [3.05, 3.63) is 72.2 Å². The predicted octanol–water partition coefficient (Wildman–Crippen LogP) is 4.61. The van der Waals surface area contributed by atoms with Crippen molar-refractivity contribution in [2.75, 3.05) is 68.1 Å². The molecule has 3 heterocycles. The van der Waals surface area contributed by atoms with Gasteiger partial charge < -0.3 is 24.8 Å². The van der Waals surface area contributed by atoms with Crippen molar-refractivity contribution in [3.63, 3.8) is 0 Å². The Morgan fingerprint density at radius 2 is 1.73 bits per heavy atom. The first-order chi connectivity index (χ1) is 19.4. The van der Waals surface area contributed by atoms with Gasteiger partial charge in [-0.05, 0) is 49.9 Å². The average Bonchev–Trinajstić information content (AvgIpc) is 3.32. The summed E-state index contributed by atoms with van der Waals surface area (Å²) in [7, 11) is 3.92. The van der Waals surface area contributed by atoms with Gasteiger partial charge in [-0.2, -0.15) is 5.10 Å². The lowest BCUT2D eigenvalue weighted by Crippen LogP contribution is -2.50. The molecule has 9 heteroatoms. The summed E-state index contributed by atoms with van der Waals surface area (Å²) >= 11 is 0. The highest BCUT2D eigenvalue weighted by Crippen LogP contribution is 2.36. The largest absolute Gasteiger partial charge is 0.378 e. The summed E-state index contributed by atoms with van der Waals surface area (Å²) in [4.78, 5) is 20.3. The van der Waals surface area contributed by atoms with Gasteiger partial charge in [0.25, 0.3) is 5.91 Å². The zero-order chi connectivity index (χ0) is 27.8. The van der Waals surface area contributed by atoms with Gasteiger partial charge in [-0.3, -0.25) is 9.48 Å². The number of nitrogens with one attached hydrogen (secondary N) is 1. The minimum Gasteiger partial charge on any atom is -0.378 e. The van der Waals surface area contributed by atoms with Crippen LogP contribution in [0.25, 0.3) is 22.0 Å². The predicted molar refractivity (Wildman–Crippen MR) is 158 cm³/mol. The molecule has 1 atom stereocenters. The Kier molecular flexibility index (Phi) is 7.16. The first-order valence-electron chi connectivity index (χ1n) is 13.8. The number of hydrogen-bond acceptors (Lipinski definition) is 6. The van der Waals surface area contributed by atoms with Gasteiger partial charge in [0.1, 0.15) is 5.82 Å². The van der Waals surface area contributed by atoms with E-state index in [1.807, 2.05) is 55.6 Å². The average molecular weight is 543 g/mol. The lowest BCUT2D eigenvalue weighted by atomic mass is 10.0. The number of likely N-dealkylation sites (N-methyl/N-ethyl adjacent to an activating group) is 1. The molecule has 6 rings (SSSR count). The van der Waals surface area contributed by atoms with Gasteiger partial charge in [-0.15, -0.1) is 0 Å². The maximum Gasteiger partial charge on any atom is 0.276 e. The van der Waals surface area contributed by atoms with Crippen molar-refractivity contribution >= 4 is 33.9 Å². The van der Waals surface area contributed by atoms with E-state index >= 15 is 4.39 Å². The van der Waals surface area contributed by atoms with Crippen LogP contribution in [0.1, 0.15) is 17.4 Å². The molecule has 2 fully saturated rings. The number of aromatic nitrogens is 2. The second kappa shape index (κ2) is 10.9. The third-order valence-corrected chi connectivity index (χ3v) is 8.16. The summed E-state index contributed by atoms with van der Waals surface area (Å²) in [5.74, 6) is -0.637. The number of fused-ring (bicyclic) bond motifs is 1. The molecule has 0 aliphatic carbocycles. The smallest absolute Gasteiger partial charge is 0.276 e. The summed E-state index contributed by atoms with van der Waals surface area (Å²) in [5, 5.41) is 8.37. The highest BCUT2D eigenvalue weighted by Gasteiger charge is 2.26. The number of amides is 1. The lowest BCUT2D eigenvalue weighted by Gasteiger charge is -2.39. The van der Waals surface area contributed by atoms with Crippen molar-refractivity contribution in [2.24, 2.45) is 7.05 Å². The van der Waals surface area contributed by atoms with Crippen LogP contribution in [-0.4, -0.2) is 79.6 Å². The number of carbonyl (C=O) groups excluding carboxylic acids is 1. The summed E-state index contributed by atoms with van der Waals surface area (Å²) in [6, 6.07) is 19.2. The van der Waals surface area contributed by atoms with Gasteiger partial charge in [0.15, 0.2) is 5.69 Å². The second-order valence-electron chi connectivity index (χ2n) is 10.7. The number of ether oxygens (including phenoxy) is 1. The van der Waals surface area contributed by atoms with E-state index < -0.39 is 0 Å². The fraction of sp³-hybridized carbons (Fsp3) is 0.355. The fourth-order valence-electron chi connectivity index (χ4n) is 5.65. The molecule has 2 aliphatic rings. The van der Waals surface area contributed by atoms with Gasteiger partial charge in [0, 0.05) is 62.5 Å². The van der Waals surface area contributed by atoms with E-state index in [1.165, 1.54) is 0 Å². The Balaban J connectivity index is 1.37. The SMILES string of the molecule is C[C@H]1CN(c2cc(F)c(-c3ccc(N4CCOCC4)cc3)cc2NC(=O)c2nn(C)c3ccccc23)CCN1C. The number of anilines is 3. The van der Waals surface area contributed by atoms with Crippen molar-refractivity contribution < 1.29 is 13.9 Å². The third-order valence-electron chi connectivity index (χ3n) is 8.16. The Morgan fingerprint density at radius 3 is 2.48 bits per heavy atom. The van der Waals surface area contributed by atoms with Gasteiger partial charge in [0.2, 0.25) is 0 Å². The second-order valence-corrected chi connectivity index (χ2v) is 10.7. The highest BCUT2D eigenvalue weighted by molar-refractivity contribution is 6.12. The van der Waals surface area contributed by atoms with Gasteiger partial charge in [-0.25, -0.2) is 4.39 Å². The first kappa shape index (κ1) is 26.3. The van der Waals surface area contributed by atoms with Crippen LogP contribution in [0.15, 0.2) is 60.7 Å². The molecule has 0 spiro atoms. The molecule has 1 aromatic heterocycles. The Bertz CT molecular complexity index is 1530. The van der Waals surface area contributed by atoms with Crippen LogP contribution >= 0.6 is 0 Å². The van der Waals surface area contributed by atoms with Crippen molar-refractivity contribution in [3.8, 4) is 11.1 Å². The molecule has 8 nitrogen and oxygen atoms in total. The van der Waals surface area contributed by atoms with E-state index in [-0.39, 0.29) is 11.7 Å². The van der Waals surface area contributed by atoms with Gasteiger partial charge in [-0.1, -0.05) is 30.3 Å². The lowest BCUT2D eigenvalue weighted by molar-refractivity contribution is 0.102. The van der Waals surface area contributed by atoms with E-state index in [4.69, 9.17) is 4.74 Å². The molecule has 2 saturated heterocycles. The normalized spacial score (nSPS) is 18.4. The molecule has 208 valence electrons. The highest BCUT2D eigenvalue weighted by atomic mass is 19.1. The zero-order valence-electron chi connectivity index (χ0n) is 23.2. The molecule has 1 amide bonds. The number of carbonyl (C=O) groups is 1. The summed E-state index contributed by atoms with van der Waals surface area (Å²) < 4.78 is 23.0. The van der Waals surface area contributed by atoms with Crippen LogP contribution in [0.5, 0.6) is 0 Å². The fourth-order valence-corrected chi connectivity index (χ4v) is 5.65. The number of aryl methyl sites for hydroxylation is 1. The number of benzene rings is 3. The number of rotatable bonds is 5. The molecule has 4 aromatic rings. The minimum atomic E-state index is -0.319. The monoisotopic (exact) mass is 542 g/mol. The van der Waals surface area contributed by atoms with Crippen LogP contribution in [0, 0.1) is 5.82 Å². The van der Waals surface area contributed by atoms with Crippen LogP contribution in [0.4, 0.5) is 21.5 Å². The molecule has 40 heavy (non-hydrogen) atoms. The Hall–Kier alpha value is -3.95. The number of piperazine rings is 1. The van der Waals surface area contributed by atoms with Crippen molar-refractivity contribution in [2.45, 2.75) is 13.0 Å². The maximum absolute atomic E-state index is 15.8. The van der Waals surface area contributed by atoms with Gasteiger partial charge in [0.05, 0.1) is 30.1 Å². The van der Waals surface area contributed by atoms with Crippen LogP contribution in [-0.2, 0) is 11.8 Å². The molecule has 0 bridgehead atoms. The molecule has 0 radical (unpaired) electrons. The number of morpholine rings is 1. The van der Waals surface area contributed by atoms with Crippen LogP contribution in [0.3, 0.4) is 0 Å². The number of nitrogens with zero attached hydrogens (tertiary/aromatic N) is 5. The molecule has 3 aromatic carbocycles. The van der Waals surface area contributed by atoms with Crippen LogP contribution < -0.4 is 15.1 Å². The quantitative estimate of drug-likeness (QED) is 0.398. The standard InChI is InChI=1S/C31H35FN6O2/c1-21-20-38(13-12-35(21)2)29-19-26(32)25(22-8-10-23(11-9-22)37-14-16-40-17-15-37)18-27(29)33-31(39)30-24-6-4-5-7-28(24)36(3)34-30/h4-11,18-19,21H,12-17,20H2,1-3H3,(H,33,39)/t21-/m0/s1. The summed E-state index contributed by atoms with van der Waals surface area (Å²) in [6.07, 6.45) is 0. The summed E-state index contributed by atoms with van der Waals surface area (Å²) in [5.41, 5.74) is 4.76. The molecule has 0 unspecified atom stereocenters. The Labute approximate surface area is 233 Å².